The lowest BCUT2D eigenvalue weighted by atomic mass is 10.0. The van der Waals surface area contributed by atoms with Gasteiger partial charge in [-0.2, -0.15) is 0 Å². The van der Waals surface area contributed by atoms with E-state index >= 15 is 0 Å². The quantitative estimate of drug-likeness (QED) is 0.613. The highest BCUT2D eigenvalue weighted by Gasteiger charge is 2.29. The van der Waals surface area contributed by atoms with Crippen molar-refractivity contribution in [1.82, 2.24) is 9.88 Å². The zero-order valence-corrected chi connectivity index (χ0v) is 16.9. The molecule has 2 N–H and O–H groups in total. The number of unbranched alkanes of at least 4 members (excludes halogenated alkanes) is 1. The molecule has 3 rings (SSSR count). The van der Waals surface area contributed by atoms with Crippen molar-refractivity contribution in [2.45, 2.75) is 32.2 Å². The van der Waals surface area contributed by atoms with E-state index in [1.807, 2.05) is 11.0 Å². The molecule has 1 aliphatic heterocycles. The Labute approximate surface area is 173 Å². The van der Waals surface area contributed by atoms with Gasteiger partial charge in [-0.1, -0.05) is 24.2 Å². The van der Waals surface area contributed by atoms with Gasteiger partial charge in [-0.05, 0) is 48.6 Å². The number of primary amides is 1. The topological polar surface area (TPSA) is 85.5 Å². The highest BCUT2D eigenvalue weighted by molar-refractivity contribution is 8.13. The number of hydrogen-bond acceptors (Lipinski definition) is 5. The second kappa shape index (κ2) is 10.2. The maximum Gasteiger partial charge on any atom is 0.276 e. The minimum absolute atomic E-state index is 0.160. The number of pyridine rings is 1. The molecule has 1 aromatic carbocycles. The molecule has 0 spiro atoms. The molecule has 1 aromatic heterocycles. The number of halogens is 1. The van der Waals surface area contributed by atoms with E-state index in [1.165, 1.54) is 12.1 Å². The molecule has 154 valence electrons. The summed E-state index contributed by atoms with van der Waals surface area (Å²) in [6, 6.07) is 9.37. The highest BCUT2D eigenvalue weighted by atomic mass is 32.2. The molecule has 2 amide bonds. The van der Waals surface area contributed by atoms with Crippen molar-refractivity contribution < 1.29 is 18.7 Å². The number of amides is 2. The molecule has 0 radical (unpaired) electrons. The predicted molar refractivity (Wildman–Crippen MR) is 110 cm³/mol. The molecule has 0 unspecified atom stereocenters. The molecule has 1 fully saturated rings. The Kier molecular flexibility index (Phi) is 7.46. The fourth-order valence-electron chi connectivity index (χ4n) is 3.32. The highest BCUT2D eigenvalue weighted by Crippen LogP contribution is 2.25. The van der Waals surface area contributed by atoms with Crippen LogP contribution < -0.4 is 10.5 Å². The van der Waals surface area contributed by atoms with Crippen LogP contribution in [-0.2, 0) is 11.3 Å². The van der Waals surface area contributed by atoms with Gasteiger partial charge in [0, 0.05) is 37.5 Å². The summed E-state index contributed by atoms with van der Waals surface area (Å²) >= 11 is 1.15. The van der Waals surface area contributed by atoms with Crippen molar-refractivity contribution in [2.75, 3.05) is 12.3 Å². The first-order valence-corrected chi connectivity index (χ1v) is 10.6. The second-order valence-electron chi connectivity index (χ2n) is 7.07. The number of nitrogens with zero attached hydrogens (tertiary/aromatic N) is 2. The largest absolute Gasteiger partial charge is 0.439 e. The van der Waals surface area contributed by atoms with Crippen molar-refractivity contribution in [3.8, 4) is 11.6 Å². The van der Waals surface area contributed by atoms with Gasteiger partial charge in [0.1, 0.15) is 11.6 Å². The molecule has 1 atom stereocenters. The Morgan fingerprint density at radius 2 is 2.03 bits per heavy atom. The molecule has 8 heteroatoms. The number of hydrogen-bond donors (Lipinski definition) is 1. The number of nitrogens with two attached hydrogens (primary N) is 1. The first-order chi connectivity index (χ1) is 14.0. The number of likely N-dealkylation sites (tertiary alicyclic amines) is 1. The number of carbonyl (C=O) groups is 2. The number of rotatable bonds is 9. The van der Waals surface area contributed by atoms with Gasteiger partial charge in [-0.15, -0.1) is 0 Å². The molecule has 2 heterocycles. The van der Waals surface area contributed by atoms with Crippen molar-refractivity contribution >= 4 is 22.9 Å². The molecule has 1 aliphatic rings. The molecule has 0 bridgehead atoms. The average Bonchev–Trinajstić information content (AvgIpc) is 3.04. The van der Waals surface area contributed by atoms with Gasteiger partial charge in [0.15, 0.2) is 0 Å². The number of ether oxygens (including phenoxy) is 1. The van der Waals surface area contributed by atoms with Gasteiger partial charge >= 0.3 is 0 Å². The van der Waals surface area contributed by atoms with Crippen LogP contribution in [0.25, 0.3) is 0 Å². The third kappa shape index (κ3) is 6.74. The zero-order chi connectivity index (χ0) is 20.6. The average molecular weight is 418 g/mol. The summed E-state index contributed by atoms with van der Waals surface area (Å²) in [6.45, 7) is 1.27. The Morgan fingerprint density at radius 3 is 2.72 bits per heavy atom. The normalized spacial score (nSPS) is 16.2. The number of carbonyl (C=O) groups excluding carboxylic acids is 2. The van der Waals surface area contributed by atoms with E-state index < -0.39 is 0 Å². The number of thioether (sulfide) groups is 1. The number of benzene rings is 1. The first-order valence-electron chi connectivity index (χ1n) is 9.58. The van der Waals surface area contributed by atoms with Crippen LogP contribution in [0.5, 0.6) is 11.6 Å². The molecule has 6 nitrogen and oxygen atoms in total. The Balaban J connectivity index is 1.44. The van der Waals surface area contributed by atoms with Crippen molar-refractivity contribution in [3.63, 3.8) is 0 Å². The first kappa shape index (κ1) is 21.1. The van der Waals surface area contributed by atoms with Gasteiger partial charge in [-0.3, -0.25) is 9.59 Å². The summed E-state index contributed by atoms with van der Waals surface area (Å²) in [4.78, 5) is 29.1. The van der Waals surface area contributed by atoms with Crippen LogP contribution in [0, 0.1) is 11.7 Å². The van der Waals surface area contributed by atoms with Gasteiger partial charge in [0.05, 0.1) is 0 Å². The van der Waals surface area contributed by atoms with Crippen LogP contribution in [0.3, 0.4) is 0 Å². The van der Waals surface area contributed by atoms with Gasteiger partial charge < -0.3 is 15.4 Å². The molecule has 0 aliphatic carbocycles. The van der Waals surface area contributed by atoms with Crippen LogP contribution in [0.15, 0.2) is 42.6 Å². The van der Waals surface area contributed by atoms with Gasteiger partial charge in [-0.25, -0.2) is 9.37 Å². The molecule has 2 aromatic rings. The lowest BCUT2D eigenvalue weighted by Crippen LogP contribution is -2.24. The predicted octanol–water partition coefficient (Wildman–Crippen LogP) is 4.34. The van der Waals surface area contributed by atoms with E-state index in [9.17, 15) is 14.0 Å². The van der Waals surface area contributed by atoms with Crippen LogP contribution in [0.1, 0.15) is 31.2 Å². The summed E-state index contributed by atoms with van der Waals surface area (Å²) < 4.78 is 18.5. The van der Waals surface area contributed by atoms with E-state index in [4.69, 9.17) is 10.5 Å². The summed E-state index contributed by atoms with van der Waals surface area (Å²) in [5.74, 6) is 1.86. The van der Waals surface area contributed by atoms with E-state index in [0.29, 0.717) is 30.5 Å². The molecule has 0 saturated carbocycles. The van der Waals surface area contributed by atoms with E-state index in [0.717, 1.165) is 48.9 Å². The van der Waals surface area contributed by atoms with E-state index in [2.05, 4.69) is 4.98 Å². The third-order valence-electron chi connectivity index (χ3n) is 4.75. The lowest BCUT2D eigenvalue weighted by molar-refractivity contribution is -0.128. The van der Waals surface area contributed by atoms with Gasteiger partial charge in [0.2, 0.25) is 11.8 Å². The van der Waals surface area contributed by atoms with Gasteiger partial charge in [0.25, 0.3) is 5.24 Å². The summed E-state index contributed by atoms with van der Waals surface area (Å²) in [7, 11) is 0. The van der Waals surface area contributed by atoms with E-state index in [1.54, 1.807) is 24.4 Å². The third-order valence-corrected chi connectivity index (χ3v) is 5.53. The Hall–Kier alpha value is -2.61. The maximum absolute atomic E-state index is 12.9. The lowest BCUT2D eigenvalue weighted by Gasteiger charge is -2.17. The smallest absolute Gasteiger partial charge is 0.276 e. The minimum Gasteiger partial charge on any atom is -0.439 e. The minimum atomic E-state index is -0.338. The van der Waals surface area contributed by atoms with Crippen molar-refractivity contribution in [3.05, 3.63) is 54.0 Å². The molecule has 29 heavy (non-hydrogen) atoms. The second-order valence-corrected chi connectivity index (χ2v) is 8.17. The van der Waals surface area contributed by atoms with Crippen LogP contribution >= 0.6 is 11.8 Å². The standard InChI is InChI=1S/C21H24FN3O3S/c22-17-5-7-18(8-6-17)28-19-9-4-16(12-24-19)14-25-13-15(11-20(25)26)3-1-2-10-29-21(23)27/h4-9,12,15H,1-3,10-11,13-14H2,(H2,23,27)/t15-/m1/s1. The SMILES string of the molecule is NC(=O)SCCCC[C@@H]1CC(=O)N(Cc2ccc(Oc3ccc(F)cc3)nc2)C1. The Morgan fingerprint density at radius 1 is 1.24 bits per heavy atom. The summed E-state index contributed by atoms with van der Waals surface area (Å²) in [6.07, 6.45) is 5.16. The van der Waals surface area contributed by atoms with E-state index in [-0.39, 0.29) is 17.0 Å². The number of aromatic nitrogens is 1. The molecule has 1 saturated heterocycles. The van der Waals surface area contributed by atoms with Crippen molar-refractivity contribution in [1.29, 1.82) is 0 Å². The van der Waals surface area contributed by atoms with Crippen molar-refractivity contribution in [2.24, 2.45) is 11.7 Å². The van der Waals surface area contributed by atoms with Crippen LogP contribution in [0.2, 0.25) is 0 Å². The molecular formula is C21H24FN3O3S. The van der Waals surface area contributed by atoms with Crippen LogP contribution in [0.4, 0.5) is 9.18 Å². The fourth-order valence-corrected chi connectivity index (χ4v) is 3.87. The monoisotopic (exact) mass is 417 g/mol. The fraction of sp³-hybridized carbons (Fsp3) is 0.381. The Bertz CT molecular complexity index is 830. The maximum atomic E-state index is 12.9. The zero-order valence-electron chi connectivity index (χ0n) is 16.1. The summed E-state index contributed by atoms with van der Waals surface area (Å²) in [5.41, 5.74) is 6.04. The van der Waals surface area contributed by atoms with Crippen LogP contribution in [-0.4, -0.2) is 33.3 Å². The summed E-state index contributed by atoms with van der Waals surface area (Å²) in [5, 5.41) is -0.338. The molecular weight excluding hydrogens is 393 g/mol.